The Kier molecular flexibility index (Phi) is 4.10. The van der Waals surface area contributed by atoms with E-state index in [4.69, 9.17) is 0 Å². The van der Waals surface area contributed by atoms with Crippen LogP contribution in [0.4, 0.5) is 17.3 Å². The monoisotopic (exact) mass is 267 g/mol. The lowest BCUT2D eigenvalue weighted by Gasteiger charge is -2.23. The Labute approximate surface area is 110 Å². The van der Waals surface area contributed by atoms with E-state index in [-0.39, 0.29) is 30.0 Å². The molecule has 0 aromatic carbocycles. The van der Waals surface area contributed by atoms with Gasteiger partial charge in [-0.2, -0.15) is 0 Å². The molecule has 0 spiro atoms. The van der Waals surface area contributed by atoms with Crippen LogP contribution in [0.1, 0.15) is 19.8 Å². The number of rotatable bonds is 5. The second-order valence-corrected chi connectivity index (χ2v) is 4.35. The topological polar surface area (TPSA) is 104 Å². The van der Waals surface area contributed by atoms with Crippen molar-refractivity contribution in [3.63, 3.8) is 0 Å². The SMILES string of the molecule is CCNc1ncnc(N2CCCC2CO)c1[N+](=O)[O-]. The summed E-state index contributed by atoms with van der Waals surface area (Å²) < 4.78 is 0. The highest BCUT2D eigenvalue weighted by Crippen LogP contribution is 2.35. The van der Waals surface area contributed by atoms with Gasteiger partial charge in [-0.25, -0.2) is 9.97 Å². The van der Waals surface area contributed by atoms with E-state index < -0.39 is 4.92 Å². The molecule has 1 aliphatic heterocycles. The Balaban J connectivity index is 2.44. The summed E-state index contributed by atoms with van der Waals surface area (Å²) in [6.45, 7) is 3.02. The fourth-order valence-corrected chi connectivity index (χ4v) is 2.35. The normalized spacial score (nSPS) is 18.6. The fraction of sp³-hybridized carbons (Fsp3) is 0.636. The molecule has 8 heteroatoms. The van der Waals surface area contributed by atoms with Gasteiger partial charge in [-0.15, -0.1) is 0 Å². The van der Waals surface area contributed by atoms with Crippen LogP contribution >= 0.6 is 0 Å². The zero-order valence-corrected chi connectivity index (χ0v) is 10.7. The maximum Gasteiger partial charge on any atom is 0.353 e. The summed E-state index contributed by atoms with van der Waals surface area (Å²) in [5.74, 6) is 0.508. The van der Waals surface area contributed by atoms with E-state index in [1.807, 2.05) is 6.92 Å². The van der Waals surface area contributed by atoms with Gasteiger partial charge in [-0.05, 0) is 19.8 Å². The van der Waals surface area contributed by atoms with Crippen LogP contribution in [0.15, 0.2) is 6.33 Å². The maximum atomic E-state index is 11.3. The molecule has 0 saturated carbocycles. The standard InChI is InChI=1S/C11H17N5O3/c1-2-12-10-9(16(18)19)11(14-7-13-10)15-5-3-4-8(15)6-17/h7-8,17H,2-6H2,1H3,(H,12,13,14). The summed E-state index contributed by atoms with van der Waals surface area (Å²) in [7, 11) is 0. The number of aliphatic hydroxyl groups excluding tert-OH is 1. The van der Waals surface area contributed by atoms with Crippen molar-refractivity contribution in [2.24, 2.45) is 0 Å². The molecule has 0 radical (unpaired) electrons. The van der Waals surface area contributed by atoms with Crippen molar-refractivity contribution in [2.75, 3.05) is 29.9 Å². The third kappa shape index (κ3) is 2.58. The molecule has 1 aromatic rings. The smallest absolute Gasteiger partial charge is 0.353 e. The highest BCUT2D eigenvalue weighted by atomic mass is 16.6. The minimum Gasteiger partial charge on any atom is -0.394 e. The van der Waals surface area contributed by atoms with Crippen molar-refractivity contribution >= 4 is 17.3 Å². The van der Waals surface area contributed by atoms with Gasteiger partial charge >= 0.3 is 5.69 Å². The third-order valence-electron chi connectivity index (χ3n) is 3.19. The first kappa shape index (κ1) is 13.5. The van der Waals surface area contributed by atoms with Crippen LogP contribution in [-0.4, -0.2) is 45.7 Å². The second-order valence-electron chi connectivity index (χ2n) is 4.35. The van der Waals surface area contributed by atoms with Crippen LogP contribution in [0, 0.1) is 10.1 Å². The average molecular weight is 267 g/mol. The Bertz CT molecular complexity index is 468. The van der Waals surface area contributed by atoms with Gasteiger partial charge in [-0.3, -0.25) is 10.1 Å². The predicted octanol–water partition coefficient (Wildman–Crippen LogP) is 0.778. The minimum atomic E-state index is -0.472. The number of anilines is 2. The van der Waals surface area contributed by atoms with Crippen molar-refractivity contribution in [1.29, 1.82) is 0 Å². The largest absolute Gasteiger partial charge is 0.394 e. The molecule has 0 bridgehead atoms. The van der Waals surface area contributed by atoms with E-state index >= 15 is 0 Å². The molecule has 2 N–H and O–H groups in total. The Morgan fingerprint density at radius 1 is 1.63 bits per heavy atom. The maximum absolute atomic E-state index is 11.3. The van der Waals surface area contributed by atoms with Crippen LogP contribution < -0.4 is 10.2 Å². The molecule has 2 heterocycles. The van der Waals surface area contributed by atoms with Crippen LogP contribution in [0.25, 0.3) is 0 Å². The molecule has 8 nitrogen and oxygen atoms in total. The summed E-state index contributed by atoms with van der Waals surface area (Å²) in [6.07, 6.45) is 3.02. The molecule has 19 heavy (non-hydrogen) atoms. The van der Waals surface area contributed by atoms with E-state index in [9.17, 15) is 15.2 Å². The summed E-state index contributed by atoms with van der Waals surface area (Å²) in [5, 5.41) is 23.5. The van der Waals surface area contributed by atoms with Crippen molar-refractivity contribution in [1.82, 2.24) is 9.97 Å². The molecule has 0 aliphatic carbocycles. The van der Waals surface area contributed by atoms with Gasteiger partial charge in [0.05, 0.1) is 17.6 Å². The molecule has 0 amide bonds. The Hall–Kier alpha value is -1.96. The van der Waals surface area contributed by atoms with Gasteiger partial charge in [0.25, 0.3) is 0 Å². The quantitative estimate of drug-likeness (QED) is 0.600. The van der Waals surface area contributed by atoms with Gasteiger partial charge in [0, 0.05) is 13.1 Å². The van der Waals surface area contributed by atoms with Gasteiger partial charge < -0.3 is 15.3 Å². The van der Waals surface area contributed by atoms with Crippen molar-refractivity contribution in [3.8, 4) is 0 Å². The number of nitrogens with one attached hydrogen (secondary N) is 1. The number of hydrogen-bond donors (Lipinski definition) is 2. The number of hydrogen-bond acceptors (Lipinski definition) is 7. The summed E-state index contributed by atoms with van der Waals surface area (Å²) in [6, 6.07) is -0.108. The number of nitro groups is 1. The van der Waals surface area contributed by atoms with E-state index in [1.54, 1.807) is 4.90 Å². The van der Waals surface area contributed by atoms with Gasteiger partial charge in [0.2, 0.25) is 11.6 Å². The minimum absolute atomic E-state index is 0.0301. The lowest BCUT2D eigenvalue weighted by atomic mass is 10.2. The average Bonchev–Trinajstić information content (AvgIpc) is 2.86. The van der Waals surface area contributed by atoms with Crippen molar-refractivity contribution < 1.29 is 10.0 Å². The van der Waals surface area contributed by atoms with E-state index in [0.29, 0.717) is 13.1 Å². The first-order valence-corrected chi connectivity index (χ1v) is 6.29. The molecule has 1 aromatic heterocycles. The molecule has 1 atom stereocenters. The van der Waals surface area contributed by atoms with E-state index in [0.717, 1.165) is 12.8 Å². The Morgan fingerprint density at radius 3 is 3.05 bits per heavy atom. The number of aromatic nitrogens is 2. The Morgan fingerprint density at radius 2 is 2.42 bits per heavy atom. The zero-order valence-electron chi connectivity index (χ0n) is 10.7. The zero-order chi connectivity index (χ0) is 13.8. The van der Waals surface area contributed by atoms with Gasteiger partial charge in [0.15, 0.2) is 0 Å². The molecule has 1 saturated heterocycles. The molecule has 2 rings (SSSR count). The van der Waals surface area contributed by atoms with Crippen LogP contribution in [0.2, 0.25) is 0 Å². The molecular weight excluding hydrogens is 250 g/mol. The lowest BCUT2D eigenvalue weighted by molar-refractivity contribution is -0.383. The van der Waals surface area contributed by atoms with Gasteiger partial charge in [-0.1, -0.05) is 0 Å². The van der Waals surface area contributed by atoms with Crippen molar-refractivity contribution in [2.45, 2.75) is 25.8 Å². The summed E-state index contributed by atoms with van der Waals surface area (Å²) >= 11 is 0. The van der Waals surface area contributed by atoms with Crippen LogP contribution in [0.5, 0.6) is 0 Å². The summed E-state index contributed by atoms with van der Waals surface area (Å²) in [5.41, 5.74) is -0.121. The molecule has 1 aliphatic rings. The first-order chi connectivity index (χ1) is 9.19. The van der Waals surface area contributed by atoms with Crippen LogP contribution in [-0.2, 0) is 0 Å². The molecule has 104 valence electrons. The molecular formula is C11H17N5O3. The number of aliphatic hydroxyl groups is 1. The highest BCUT2D eigenvalue weighted by molar-refractivity contribution is 5.70. The van der Waals surface area contributed by atoms with E-state index in [2.05, 4.69) is 15.3 Å². The third-order valence-corrected chi connectivity index (χ3v) is 3.19. The second kappa shape index (κ2) is 5.79. The predicted molar refractivity (Wildman–Crippen MR) is 70.3 cm³/mol. The first-order valence-electron chi connectivity index (χ1n) is 6.29. The number of nitrogens with zero attached hydrogens (tertiary/aromatic N) is 4. The molecule has 1 unspecified atom stereocenters. The van der Waals surface area contributed by atoms with Crippen molar-refractivity contribution in [3.05, 3.63) is 16.4 Å². The fourth-order valence-electron chi connectivity index (χ4n) is 2.35. The lowest BCUT2D eigenvalue weighted by Crippen LogP contribution is -2.33. The van der Waals surface area contributed by atoms with E-state index in [1.165, 1.54) is 6.33 Å². The summed E-state index contributed by atoms with van der Waals surface area (Å²) in [4.78, 5) is 20.6. The van der Waals surface area contributed by atoms with Gasteiger partial charge in [0.1, 0.15) is 6.33 Å². The molecule has 1 fully saturated rings. The highest BCUT2D eigenvalue weighted by Gasteiger charge is 2.33. The van der Waals surface area contributed by atoms with Crippen LogP contribution in [0.3, 0.4) is 0 Å².